The highest BCUT2D eigenvalue weighted by molar-refractivity contribution is 6.46. The van der Waals surface area contributed by atoms with Gasteiger partial charge in [0.05, 0.1) is 0 Å². The van der Waals surface area contributed by atoms with Crippen LogP contribution in [0.1, 0.15) is 43.7 Å². The summed E-state index contributed by atoms with van der Waals surface area (Å²) in [5.74, 6) is 0.162. The number of carbonyl (C=O) groups is 1. The van der Waals surface area contributed by atoms with Gasteiger partial charge in [0.2, 0.25) is 0 Å². The summed E-state index contributed by atoms with van der Waals surface area (Å²) in [7, 11) is 1.69. The number of nitrogens with zero attached hydrogens (tertiary/aromatic N) is 1. The molecule has 0 fully saturated rings. The van der Waals surface area contributed by atoms with Gasteiger partial charge in [0.15, 0.2) is 5.78 Å². The molecule has 0 saturated carbocycles. The van der Waals surface area contributed by atoms with E-state index in [2.05, 4.69) is 11.9 Å². The lowest BCUT2D eigenvalue weighted by atomic mass is 9.98. The molecule has 92 valence electrons. The van der Waals surface area contributed by atoms with Gasteiger partial charge in [-0.3, -0.25) is 9.79 Å². The Balaban J connectivity index is 2.79. The van der Waals surface area contributed by atoms with Gasteiger partial charge >= 0.3 is 0 Å². The number of unbranched alkanes of at least 4 members (excludes halogenated alkanes) is 2. The van der Waals surface area contributed by atoms with Gasteiger partial charge in [0.1, 0.15) is 5.71 Å². The van der Waals surface area contributed by atoms with Crippen LogP contribution in [-0.2, 0) is 4.79 Å². The van der Waals surface area contributed by atoms with E-state index in [1.165, 1.54) is 0 Å². The first-order valence-corrected chi connectivity index (χ1v) is 6.26. The number of hydrogen-bond donors (Lipinski definition) is 0. The van der Waals surface area contributed by atoms with E-state index in [-0.39, 0.29) is 5.78 Å². The SMILES string of the molecule is CCCCCC(=O)C(=NC)c1ccccc1C. The maximum atomic E-state index is 12.1. The summed E-state index contributed by atoms with van der Waals surface area (Å²) in [6.07, 6.45) is 3.81. The Morgan fingerprint density at radius 3 is 2.53 bits per heavy atom. The van der Waals surface area contributed by atoms with E-state index in [4.69, 9.17) is 0 Å². The third kappa shape index (κ3) is 3.81. The summed E-state index contributed by atoms with van der Waals surface area (Å²) < 4.78 is 0. The van der Waals surface area contributed by atoms with E-state index >= 15 is 0 Å². The van der Waals surface area contributed by atoms with E-state index in [0.29, 0.717) is 12.1 Å². The normalized spacial score (nSPS) is 11.6. The molecule has 0 heterocycles. The van der Waals surface area contributed by atoms with Crippen molar-refractivity contribution in [1.29, 1.82) is 0 Å². The minimum atomic E-state index is 0.162. The van der Waals surface area contributed by atoms with Crippen LogP contribution < -0.4 is 0 Å². The minimum absolute atomic E-state index is 0.162. The van der Waals surface area contributed by atoms with Crippen molar-refractivity contribution in [3.8, 4) is 0 Å². The van der Waals surface area contributed by atoms with Crippen molar-refractivity contribution < 1.29 is 4.79 Å². The van der Waals surface area contributed by atoms with Crippen LogP contribution >= 0.6 is 0 Å². The molecular formula is C15H21NO. The van der Waals surface area contributed by atoms with Gasteiger partial charge in [0.25, 0.3) is 0 Å². The zero-order valence-electron chi connectivity index (χ0n) is 11.0. The Labute approximate surface area is 104 Å². The first-order valence-electron chi connectivity index (χ1n) is 6.26. The number of ketones is 1. The molecule has 0 radical (unpaired) electrons. The number of carbonyl (C=O) groups excluding carboxylic acids is 1. The molecule has 17 heavy (non-hydrogen) atoms. The lowest BCUT2D eigenvalue weighted by Crippen LogP contribution is -2.16. The zero-order valence-corrected chi connectivity index (χ0v) is 11.0. The quantitative estimate of drug-likeness (QED) is 0.543. The summed E-state index contributed by atoms with van der Waals surface area (Å²) >= 11 is 0. The van der Waals surface area contributed by atoms with Crippen molar-refractivity contribution in [3.63, 3.8) is 0 Å². The van der Waals surface area contributed by atoms with Crippen molar-refractivity contribution in [2.45, 2.75) is 39.5 Å². The lowest BCUT2D eigenvalue weighted by Gasteiger charge is -2.07. The summed E-state index contributed by atoms with van der Waals surface area (Å²) in [4.78, 5) is 16.2. The number of aryl methyl sites for hydroxylation is 1. The van der Waals surface area contributed by atoms with Gasteiger partial charge in [-0.25, -0.2) is 0 Å². The predicted octanol–water partition coefficient (Wildman–Crippen LogP) is 3.56. The third-order valence-electron chi connectivity index (χ3n) is 2.90. The zero-order chi connectivity index (χ0) is 12.7. The Morgan fingerprint density at radius 2 is 1.94 bits per heavy atom. The van der Waals surface area contributed by atoms with Crippen molar-refractivity contribution in [1.82, 2.24) is 0 Å². The predicted molar refractivity (Wildman–Crippen MR) is 72.8 cm³/mol. The largest absolute Gasteiger partial charge is 0.292 e. The molecule has 0 aliphatic heterocycles. The number of benzene rings is 1. The topological polar surface area (TPSA) is 29.4 Å². The molecule has 0 N–H and O–H groups in total. The number of aliphatic imine (C=N–C) groups is 1. The van der Waals surface area contributed by atoms with Gasteiger partial charge in [-0.15, -0.1) is 0 Å². The van der Waals surface area contributed by atoms with Crippen molar-refractivity contribution in [2.24, 2.45) is 4.99 Å². The molecule has 1 aromatic rings. The average Bonchev–Trinajstić information content (AvgIpc) is 2.33. The Bertz CT molecular complexity index is 407. The van der Waals surface area contributed by atoms with Crippen LogP contribution in [0.15, 0.2) is 29.3 Å². The van der Waals surface area contributed by atoms with Crippen LogP contribution in [0.25, 0.3) is 0 Å². The van der Waals surface area contributed by atoms with Gasteiger partial charge in [-0.05, 0) is 18.9 Å². The van der Waals surface area contributed by atoms with Gasteiger partial charge in [-0.2, -0.15) is 0 Å². The van der Waals surface area contributed by atoms with Crippen LogP contribution in [0, 0.1) is 6.92 Å². The van der Waals surface area contributed by atoms with E-state index in [9.17, 15) is 4.79 Å². The maximum absolute atomic E-state index is 12.1. The highest BCUT2D eigenvalue weighted by Crippen LogP contribution is 2.11. The van der Waals surface area contributed by atoms with E-state index < -0.39 is 0 Å². The number of Topliss-reactive ketones (excluding diaryl/α,β-unsaturated/α-hetero) is 1. The van der Waals surface area contributed by atoms with Gasteiger partial charge in [0, 0.05) is 19.0 Å². The van der Waals surface area contributed by atoms with Gasteiger partial charge < -0.3 is 0 Å². The van der Waals surface area contributed by atoms with Crippen molar-refractivity contribution in [3.05, 3.63) is 35.4 Å². The first kappa shape index (κ1) is 13.6. The molecule has 0 saturated heterocycles. The molecule has 1 rings (SSSR count). The molecule has 0 spiro atoms. The highest BCUT2D eigenvalue weighted by atomic mass is 16.1. The summed E-state index contributed by atoms with van der Waals surface area (Å²) in [6.45, 7) is 4.15. The van der Waals surface area contributed by atoms with Crippen LogP contribution in [-0.4, -0.2) is 18.5 Å². The molecule has 0 aliphatic carbocycles. The lowest BCUT2D eigenvalue weighted by molar-refractivity contribution is -0.113. The monoisotopic (exact) mass is 231 g/mol. The average molecular weight is 231 g/mol. The maximum Gasteiger partial charge on any atom is 0.181 e. The standard InChI is InChI=1S/C15H21NO/c1-4-5-6-11-14(17)15(16-3)13-10-8-7-9-12(13)2/h7-10H,4-6,11H2,1-3H3. The molecule has 0 bridgehead atoms. The van der Waals surface area contributed by atoms with Crippen molar-refractivity contribution >= 4 is 11.5 Å². The van der Waals surface area contributed by atoms with Crippen LogP contribution in [0.3, 0.4) is 0 Å². The molecular weight excluding hydrogens is 210 g/mol. The molecule has 0 unspecified atom stereocenters. The summed E-state index contributed by atoms with van der Waals surface area (Å²) in [5, 5.41) is 0. The van der Waals surface area contributed by atoms with Crippen LogP contribution in [0.4, 0.5) is 0 Å². The highest BCUT2D eigenvalue weighted by Gasteiger charge is 2.14. The number of hydrogen-bond acceptors (Lipinski definition) is 2. The smallest absolute Gasteiger partial charge is 0.181 e. The second kappa shape index (κ2) is 7.00. The Kier molecular flexibility index (Phi) is 5.61. The van der Waals surface area contributed by atoms with E-state index in [0.717, 1.165) is 30.4 Å². The fourth-order valence-corrected chi connectivity index (χ4v) is 1.89. The number of rotatable bonds is 6. The molecule has 1 aromatic carbocycles. The first-order chi connectivity index (χ1) is 8.20. The fourth-order valence-electron chi connectivity index (χ4n) is 1.89. The fraction of sp³-hybridized carbons (Fsp3) is 0.467. The van der Waals surface area contributed by atoms with Crippen LogP contribution in [0.2, 0.25) is 0 Å². The molecule has 0 atom stereocenters. The molecule has 0 amide bonds. The van der Waals surface area contributed by atoms with E-state index in [1.807, 2.05) is 31.2 Å². The molecule has 2 heteroatoms. The molecule has 2 nitrogen and oxygen atoms in total. The second-order valence-electron chi connectivity index (χ2n) is 4.27. The second-order valence-corrected chi connectivity index (χ2v) is 4.27. The summed E-state index contributed by atoms with van der Waals surface area (Å²) in [5.41, 5.74) is 2.70. The summed E-state index contributed by atoms with van der Waals surface area (Å²) in [6, 6.07) is 7.91. The minimum Gasteiger partial charge on any atom is -0.292 e. The third-order valence-corrected chi connectivity index (χ3v) is 2.90. The molecule has 0 aliphatic rings. The van der Waals surface area contributed by atoms with E-state index in [1.54, 1.807) is 7.05 Å². The molecule has 0 aromatic heterocycles. The van der Waals surface area contributed by atoms with Crippen LogP contribution in [0.5, 0.6) is 0 Å². The van der Waals surface area contributed by atoms with Crippen molar-refractivity contribution in [2.75, 3.05) is 7.05 Å². The Hall–Kier alpha value is -1.44. The Morgan fingerprint density at radius 1 is 1.24 bits per heavy atom. The van der Waals surface area contributed by atoms with Gasteiger partial charge in [-0.1, -0.05) is 44.0 Å².